The zero-order valence-corrected chi connectivity index (χ0v) is 8.09. The molecular formula is C6H5BK. The molecule has 0 amide bonds. The molecule has 0 saturated heterocycles. The molecule has 0 nitrogen and oxygen atoms in total. The third-order valence-corrected chi connectivity index (χ3v) is 0.800. The third-order valence-electron chi connectivity index (χ3n) is 0.800. The molecule has 0 atom stereocenters. The zero-order valence-electron chi connectivity index (χ0n) is 4.96. The Bertz CT molecular complexity index is 138. The first-order chi connectivity index (χ1) is 3.39. The first-order valence-electron chi connectivity index (χ1n) is 2.20. The standard InChI is InChI=1S/C6H5B.K/c7-6-4-2-1-3-5-6;/h1-5H;. The fourth-order valence-electron chi connectivity index (χ4n) is 0.453. The van der Waals surface area contributed by atoms with Gasteiger partial charge in [0.2, 0.25) is 0 Å². The summed E-state index contributed by atoms with van der Waals surface area (Å²) in [6, 6.07) is 9.49. The Morgan fingerprint density at radius 2 is 1.50 bits per heavy atom. The van der Waals surface area contributed by atoms with Crippen molar-refractivity contribution in [3.05, 3.63) is 30.3 Å². The Morgan fingerprint density at radius 3 is 1.75 bits per heavy atom. The summed E-state index contributed by atoms with van der Waals surface area (Å²) in [5.74, 6) is 0. The van der Waals surface area contributed by atoms with Gasteiger partial charge in [0, 0.05) is 51.4 Å². The van der Waals surface area contributed by atoms with Crippen LogP contribution in [0.1, 0.15) is 0 Å². The van der Waals surface area contributed by atoms with E-state index in [0.29, 0.717) is 0 Å². The maximum atomic E-state index is 5.36. The van der Waals surface area contributed by atoms with Crippen molar-refractivity contribution in [1.29, 1.82) is 0 Å². The summed E-state index contributed by atoms with van der Waals surface area (Å²) < 4.78 is 0. The average molecular weight is 127 g/mol. The van der Waals surface area contributed by atoms with Crippen LogP contribution in [0.5, 0.6) is 0 Å². The minimum absolute atomic E-state index is 0. The van der Waals surface area contributed by atoms with Crippen LogP contribution in [0.25, 0.3) is 0 Å². The number of rotatable bonds is 0. The van der Waals surface area contributed by atoms with Gasteiger partial charge in [-0.2, -0.15) is 0 Å². The molecular weight excluding hydrogens is 122 g/mol. The number of hydrogen-bond donors (Lipinski definition) is 0. The van der Waals surface area contributed by atoms with Gasteiger partial charge in [0.25, 0.3) is 0 Å². The van der Waals surface area contributed by atoms with Crippen LogP contribution in [0, 0.1) is 0 Å². The van der Waals surface area contributed by atoms with E-state index in [0.717, 1.165) is 5.46 Å². The van der Waals surface area contributed by atoms with Crippen molar-refractivity contribution in [2.24, 2.45) is 0 Å². The van der Waals surface area contributed by atoms with Crippen LogP contribution in [-0.4, -0.2) is 59.2 Å². The van der Waals surface area contributed by atoms with E-state index in [1.54, 1.807) is 0 Å². The van der Waals surface area contributed by atoms with Crippen molar-refractivity contribution in [1.82, 2.24) is 0 Å². The zero-order chi connectivity index (χ0) is 5.11. The SMILES string of the molecule is [B]c1ccccc1.[K]. The van der Waals surface area contributed by atoms with Crippen molar-refractivity contribution in [2.75, 3.05) is 0 Å². The van der Waals surface area contributed by atoms with Gasteiger partial charge in [-0.3, -0.25) is 0 Å². The summed E-state index contributed by atoms with van der Waals surface area (Å²) in [5, 5.41) is 0. The van der Waals surface area contributed by atoms with Gasteiger partial charge in [0.15, 0.2) is 0 Å². The Hall–Kier alpha value is 0.921. The molecule has 0 aliphatic carbocycles. The van der Waals surface area contributed by atoms with Gasteiger partial charge < -0.3 is 0 Å². The summed E-state index contributed by atoms with van der Waals surface area (Å²) in [7, 11) is 5.36. The number of hydrogen-bond acceptors (Lipinski definition) is 0. The van der Waals surface area contributed by atoms with E-state index < -0.39 is 0 Å². The largest absolute Gasteiger partial charge is 0.113 e. The van der Waals surface area contributed by atoms with Crippen molar-refractivity contribution in [3.8, 4) is 0 Å². The number of benzene rings is 1. The van der Waals surface area contributed by atoms with Crippen LogP contribution < -0.4 is 5.46 Å². The van der Waals surface area contributed by atoms with Crippen LogP contribution in [0.2, 0.25) is 0 Å². The molecule has 0 spiro atoms. The van der Waals surface area contributed by atoms with E-state index in [-0.39, 0.29) is 51.4 Å². The van der Waals surface area contributed by atoms with Gasteiger partial charge in [0.05, 0.1) is 0 Å². The molecule has 0 bridgehead atoms. The first kappa shape index (κ1) is 8.92. The van der Waals surface area contributed by atoms with Crippen molar-refractivity contribution in [3.63, 3.8) is 0 Å². The Kier molecular flexibility index (Phi) is 5.32. The van der Waals surface area contributed by atoms with Crippen molar-refractivity contribution < 1.29 is 0 Å². The molecule has 2 heteroatoms. The molecule has 0 aromatic heterocycles. The van der Waals surface area contributed by atoms with Crippen molar-refractivity contribution in [2.45, 2.75) is 0 Å². The molecule has 0 aliphatic heterocycles. The van der Waals surface area contributed by atoms with E-state index in [4.69, 9.17) is 7.85 Å². The maximum absolute atomic E-state index is 5.36. The molecule has 1 aromatic carbocycles. The average Bonchev–Trinajstić information content (AvgIpc) is 1.69. The Labute approximate surface area is 93.5 Å². The van der Waals surface area contributed by atoms with Crippen LogP contribution in [0.15, 0.2) is 30.3 Å². The predicted molar refractivity (Wildman–Crippen MR) is 37.6 cm³/mol. The van der Waals surface area contributed by atoms with Gasteiger partial charge in [0.1, 0.15) is 7.85 Å². The smallest absolute Gasteiger partial charge is 0.0967 e. The summed E-state index contributed by atoms with van der Waals surface area (Å²) >= 11 is 0. The molecule has 0 heterocycles. The van der Waals surface area contributed by atoms with E-state index >= 15 is 0 Å². The first-order valence-corrected chi connectivity index (χ1v) is 2.20. The normalized spacial score (nSPS) is 7.50. The van der Waals surface area contributed by atoms with E-state index in [9.17, 15) is 0 Å². The fraction of sp³-hybridized carbons (Fsp3) is 0. The minimum atomic E-state index is 0. The molecule has 3 radical (unpaired) electrons. The second-order valence-electron chi connectivity index (χ2n) is 1.41. The predicted octanol–water partition coefficient (Wildman–Crippen LogP) is 0.0996. The quantitative estimate of drug-likeness (QED) is 0.433. The molecule has 0 unspecified atom stereocenters. The summed E-state index contributed by atoms with van der Waals surface area (Å²) in [4.78, 5) is 0. The Morgan fingerprint density at radius 1 is 1.00 bits per heavy atom. The van der Waals surface area contributed by atoms with Crippen LogP contribution in [-0.2, 0) is 0 Å². The van der Waals surface area contributed by atoms with Crippen molar-refractivity contribution >= 4 is 64.7 Å². The molecule has 0 N–H and O–H groups in total. The molecule has 0 aliphatic rings. The minimum Gasteiger partial charge on any atom is -0.0967 e. The van der Waals surface area contributed by atoms with Gasteiger partial charge in [-0.25, -0.2) is 0 Å². The van der Waals surface area contributed by atoms with Crippen LogP contribution in [0.3, 0.4) is 0 Å². The molecule has 0 saturated carbocycles. The summed E-state index contributed by atoms with van der Waals surface area (Å²) in [5.41, 5.74) is 0.822. The van der Waals surface area contributed by atoms with Gasteiger partial charge >= 0.3 is 0 Å². The Balaban J connectivity index is 0.000000490. The van der Waals surface area contributed by atoms with Crippen LogP contribution in [0.4, 0.5) is 0 Å². The van der Waals surface area contributed by atoms with E-state index in [1.807, 2.05) is 30.3 Å². The molecule has 1 rings (SSSR count). The molecule has 8 heavy (non-hydrogen) atoms. The third kappa shape index (κ3) is 3.05. The topological polar surface area (TPSA) is 0 Å². The van der Waals surface area contributed by atoms with Gasteiger partial charge in [-0.15, -0.1) is 0 Å². The second-order valence-corrected chi connectivity index (χ2v) is 1.41. The molecule has 0 fully saturated rings. The van der Waals surface area contributed by atoms with Gasteiger partial charge in [-0.05, 0) is 0 Å². The van der Waals surface area contributed by atoms with E-state index in [2.05, 4.69) is 0 Å². The molecule has 33 valence electrons. The monoisotopic (exact) mass is 127 g/mol. The molecule has 1 aromatic rings. The van der Waals surface area contributed by atoms with Crippen LogP contribution >= 0.6 is 0 Å². The second kappa shape index (κ2) is 4.77. The summed E-state index contributed by atoms with van der Waals surface area (Å²) in [6.07, 6.45) is 0. The maximum Gasteiger partial charge on any atom is 0.113 e. The van der Waals surface area contributed by atoms with E-state index in [1.165, 1.54) is 0 Å². The fourth-order valence-corrected chi connectivity index (χ4v) is 0.453. The summed E-state index contributed by atoms with van der Waals surface area (Å²) in [6.45, 7) is 0. The van der Waals surface area contributed by atoms with Gasteiger partial charge in [-0.1, -0.05) is 35.8 Å².